The third kappa shape index (κ3) is 4.15. The van der Waals surface area contributed by atoms with Crippen molar-refractivity contribution in [3.05, 3.63) is 0 Å². The fourth-order valence-electron chi connectivity index (χ4n) is 2.51. The summed E-state index contributed by atoms with van der Waals surface area (Å²) in [6.45, 7) is 3.13. The monoisotopic (exact) mass is 297 g/mol. The minimum Gasteiger partial charge on any atom is -0.353 e. The standard InChI is InChI=1S/C13H23N5O3/c1-16(2)9-12(20)17-3-5-18(6-4-17)13(21)10-7-15-11(19)8-14-10/h10,14H,3-9H2,1-2H3,(H,15,19). The molecular formula is C13H23N5O3. The first-order chi connectivity index (χ1) is 9.97. The van der Waals surface area contributed by atoms with Gasteiger partial charge >= 0.3 is 0 Å². The minimum atomic E-state index is -0.355. The smallest absolute Gasteiger partial charge is 0.241 e. The van der Waals surface area contributed by atoms with Crippen molar-refractivity contribution in [3.63, 3.8) is 0 Å². The van der Waals surface area contributed by atoms with Gasteiger partial charge in [0.2, 0.25) is 17.7 Å². The lowest BCUT2D eigenvalue weighted by Crippen LogP contribution is -2.61. The Bertz CT molecular complexity index is 408. The van der Waals surface area contributed by atoms with Crippen molar-refractivity contribution in [2.75, 3.05) is 59.9 Å². The quantitative estimate of drug-likeness (QED) is 0.592. The fraction of sp³-hybridized carbons (Fsp3) is 0.769. The molecule has 1 atom stereocenters. The molecule has 0 aromatic heterocycles. The molecule has 0 saturated carbocycles. The molecule has 1 unspecified atom stereocenters. The van der Waals surface area contributed by atoms with E-state index in [1.807, 2.05) is 19.0 Å². The summed E-state index contributed by atoms with van der Waals surface area (Å²) < 4.78 is 0. The van der Waals surface area contributed by atoms with Crippen LogP contribution in [0.1, 0.15) is 0 Å². The van der Waals surface area contributed by atoms with Crippen molar-refractivity contribution in [2.24, 2.45) is 0 Å². The molecule has 2 heterocycles. The van der Waals surface area contributed by atoms with Gasteiger partial charge in [0.1, 0.15) is 6.04 Å². The summed E-state index contributed by atoms with van der Waals surface area (Å²) >= 11 is 0. The van der Waals surface area contributed by atoms with Crippen LogP contribution in [-0.4, -0.2) is 98.4 Å². The van der Waals surface area contributed by atoms with Gasteiger partial charge in [0.15, 0.2) is 0 Å². The van der Waals surface area contributed by atoms with Gasteiger partial charge in [0.05, 0.1) is 13.1 Å². The number of piperazine rings is 2. The largest absolute Gasteiger partial charge is 0.353 e. The molecule has 21 heavy (non-hydrogen) atoms. The van der Waals surface area contributed by atoms with Crippen LogP contribution in [0.2, 0.25) is 0 Å². The highest BCUT2D eigenvalue weighted by Crippen LogP contribution is 2.05. The first kappa shape index (κ1) is 15.7. The summed E-state index contributed by atoms with van der Waals surface area (Å²) in [7, 11) is 3.72. The Morgan fingerprint density at radius 2 is 1.81 bits per heavy atom. The highest BCUT2D eigenvalue weighted by molar-refractivity contribution is 5.87. The van der Waals surface area contributed by atoms with Crippen LogP contribution in [-0.2, 0) is 14.4 Å². The number of nitrogens with one attached hydrogen (secondary N) is 2. The Morgan fingerprint density at radius 3 is 2.33 bits per heavy atom. The molecule has 2 N–H and O–H groups in total. The van der Waals surface area contributed by atoms with Gasteiger partial charge in [-0.15, -0.1) is 0 Å². The molecule has 0 bridgehead atoms. The molecule has 118 valence electrons. The van der Waals surface area contributed by atoms with Crippen LogP contribution >= 0.6 is 0 Å². The maximum Gasteiger partial charge on any atom is 0.241 e. The summed E-state index contributed by atoms with van der Waals surface area (Å²) in [6.07, 6.45) is 0. The Kier molecular flexibility index (Phi) is 5.13. The van der Waals surface area contributed by atoms with Crippen LogP contribution in [0.15, 0.2) is 0 Å². The summed E-state index contributed by atoms with van der Waals surface area (Å²) in [5.74, 6) is 0.00279. The van der Waals surface area contributed by atoms with Crippen LogP contribution in [0, 0.1) is 0 Å². The molecule has 2 rings (SSSR count). The number of amides is 3. The zero-order valence-electron chi connectivity index (χ0n) is 12.6. The van der Waals surface area contributed by atoms with Crippen LogP contribution < -0.4 is 10.6 Å². The molecule has 2 saturated heterocycles. The van der Waals surface area contributed by atoms with E-state index in [0.717, 1.165) is 0 Å². The van der Waals surface area contributed by atoms with Crippen LogP contribution in [0.25, 0.3) is 0 Å². The van der Waals surface area contributed by atoms with Crippen molar-refractivity contribution < 1.29 is 14.4 Å². The predicted molar refractivity (Wildman–Crippen MR) is 76.5 cm³/mol. The van der Waals surface area contributed by atoms with Gasteiger partial charge in [-0.2, -0.15) is 0 Å². The van der Waals surface area contributed by atoms with Crippen molar-refractivity contribution in [2.45, 2.75) is 6.04 Å². The van der Waals surface area contributed by atoms with E-state index in [-0.39, 0.29) is 30.3 Å². The van der Waals surface area contributed by atoms with Crippen molar-refractivity contribution in [1.82, 2.24) is 25.3 Å². The molecule has 2 aliphatic rings. The molecule has 2 aliphatic heterocycles. The van der Waals surface area contributed by atoms with E-state index in [0.29, 0.717) is 39.3 Å². The van der Waals surface area contributed by atoms with Gasteiger partial charge < -0.3 is 20.0 Å². The molecule has 0 radical (unpaired) electrons. The number of carbonyl (C=O) groups excluding carboxylic acids is 3. The number of likely N-dealkylation sites (N-methyl/N-ethyl adjacent to an activating group) is 1. The van der Waals surface area contributed by atoms with Crippen LogP contribution in [0.5, 0.6) is 0 Å². The topological polar surface area (TPSA) is 85.0 Å². The maximum absolute atomic E-state index is 12.3. The highest BCUT2D eigenvalue weighted by atomic mass is 16.2. The normalized spacial score (nSPS) is 23.2. The number of hydrogen-bond donors (Lipinski definition) is 2. The van der Waals surface area contributed by atoms with Gasteiger partial charge in [-0.1, -0.05) is 0 Å². The van der Waals surface area contributed by atoms with Gasteiger partial charge in [0.25, 0.3) is 0 Å². The zero-order valence-corrected chi connectivity index (χ0v) is 12.6. The first-order valence-corrected chi connectivity index (χ1v) is 7.18. The van der Waals surface area contributed by atoms with Crippen molar-refractivity contribution in [1.29, 1.82) is 0 Å². The molecular weight excluding hydrogens is 274 g/mol. The second-order valence-electron chi connectivity index (χ2n) is 5.68. The van der Waals surface area contributed by atoms with E-state index in [9.17, 15) is 14.4 Å². The van der Waals surface area contributed by atoms with E-state index in [2.05, 4.69) is 10.6 Å². The van der Waals surface area contributed by atoms with Crippen molar-refractivity contribution in [3.8, 4) is 0 Å². The highest BCUT2D eigenvalue weighted by Gasteiger charge is 2.30. The summed E-state index contributed by atoms with van der Waals surface area (Å²) in [4.78, 5) is 40.7. The zero-order chi connectivity index (χ0) is 15.4. The maximum atomic E-state index is 12.3. The number of rotatable bonds is 3. The van der Waals surface area contributed by atoms with E-state index >= 15 is 0 Å². The molecule has 8 nitrogen and oxygen atoms in total. The SMILES string of the molecule is CN(C)CC(=O)N1CCN(C(=O)C2CNC(=O)CN2)CC1. The third-order valence-corrected chi connectivity index (χ3v) is 3.71. The lowest BCUT2D eigenvalue weighted by molar-refractivity contribution is -0.141. The summed E-state index contributed by atoms with van der Waals surface area (Å²) in [5, 5.41) is 5.62. The predicted octanol–water partition coefficient (Wildman–Crippen LogP) is -2.69. The summed E-state index contributed by atoms with van der Waals surface area (Å²) in [6, 6.07) is -0.355. The fourth-order valence-corrected chi connectivity index (χ4v) is 2.51. The molecule has 0 spiro atoms. The van der Waals surface area contributed by atoms with Crippen molar-refractivity contribution >= 4 is 17.7 Å². The van der Waals surface area contributed by atoms with Crippen LogP contribution in [0.4, 0.5) is 0 Å². The lowest BCUT2D eigenvalue weighted by atomic mass is 10.2. The van der Waals surface area contributed by atoms with Gasteiger partial charge in [0, 0.05) is 32.7 Å². The molecule has 0 aromatic rings. The first-order valence-electron chi connectivity index (χ1n) is 7.18. The van der Waals surface area contributed by atoms with E-state index in [1.165, 1.54) is 0 Å². The second-order valence-corrected chi connectivity index (χ2v) is 5.68. The van der Waals surface area contributed by atoms with Gasteiger partial charge in [-0.3, -0.25) is 19.7 Å². The number of carbonyl (C=O) groups is 3. The Hall–Kier alpha value is -1.67. The van der Waals surface area contributed by atoms with Crippen LogP contribution in [0.3, 0.4) is 0 Å². The molecule has 8 heteroatoms. The lowest BCUT2D eigenvalue weighted by Gasteiger charge is -2.37. The number of hydrogen-bond acceptors (Lipinski definition) is 5. The number of nitrogens with zero attached hydrogens (tertiary/aromatic N) is 3. The average Bonchev–Trinajstić information content (AvgIpc) is 2.47. The minimum absolute atomic E-state index is 0.00490. The molecule has 0 aliphatic carbocycles. The summed E-state index contributed by atoms with van der Waals surface area (Å²) in [5.41, 5.74) is 0. The van der Waals surface area contributed by atoms with Gasteiger partial charge in [-0.05, 0) is 14.1 Å². The Balaban J connectivity index is 1.79. The van der Waals surface area contributed by atoms with E-state index in [1.54, 1.807) is 9.80 Å². The molecule has 0 aromatic carbocycles. The van der Waals surface area contributed by atoms with E-state index in [4.69, 9.17) is 0 Å². The Labute approximate surface area is 124 Å². The average molecular weight is 297 g/mol. The second kappa shape index (κ2) is 6.86. The molecule has 3 amide bonds. The third-order valence-electron chi connectivity index (χ3n) is 3.71. The van der Waals surface area contributed by atoms with Gasteiger partial charge in [-0.25, -0.2) is 0 Å². The van der Waals surface area contributed by atoms with E-state index < -0.39 is 0 Å². The molecule has 2 fully saturated rings. The Morgan fingerprint density at radius 1 is 1.19 bits per heavy atom.